The molecule has 3 nitrogen and oxygen atoms in total. The number of benzene rings is 2. The molecule has 0 saturated heterocycles. The van der Waals surface area contributed by atoms with Crippen LogP contribution in [0.1, 0.15) is 12.0 Å². The van der Waals surface area contributed by atoms with Gasteiger partial charge in [0.2, 0.25) is 10.0 Å². The van der Waals surface area contributed by atoms with Gasteiger partial charge >= 0.3 is 0 Å². The molecule has 0 heterocycles. The van der Waals surface area contributed by atoms with Crippen molar-refractivity contribution in [2.75, 3.05) is 10.1 Å². The van der Waals surface area contributed by atoms with Crippen molar-refractivity contribution in [2.24, 2.45) is 5.92 Å². The number of hydrogen-bond acceptors (Lipinski definition) is 2. The van der Waals surface area contributed by atoms with Gasteiger partial charge in [-0.2, -0.15) is 0 Å². The molecule has 0 aromatic heterocycles. The smallest absolute Gasteiger partial charge is 0.235 e. The number of halogens is 2. The van der Waals surface area contributed by atoms with Crippen molar-refractivity contribution >= 4 is 38.9 Å². The van der Waals surface area contributed by atoms with Crippen molar-refractivity contribution in [1.29, 1.82) is 0 Å². The lowest BCUT2D eigenvalue weighted by Crippen LogP contribution is -2.33. The fraction of sp³-hybridized carbons (Fsp3) is 0.294. The van der Waals surface area contributed by atoms with Gasteiger partial charge < -0.3 is 0 Å². The summed E-state index contributed by atoms with van der Waals surface area (Å²) < 4.78 is 26.3. The van der Waals surface area contributed by atoms with Crippen LogP contribution in [0.15, 0.2) is 60.7 Å². The van der Waals surface area contributed by atoms with Gasteiger partial charge in [-0.1, -0.05) is 48.5 Å². The largest absolute Gasteiger partial charge is 0.266 e. The Hall–Kier alpha value is -1.23. The molecule has 0 amide bonds. The van der Waals surface area contributed by atoms with E-state index < -0.39 is 14.4 Å². The van der Waals surface area contributed by atoms with E-state index in [0.717, 1.165) is 5.56 Å². The molecule has 3 rings (SSSR count). The lowest BCUT2D eigenvalue weighted by molar-refractivity contribution is 0.586. The Labute approximate surface area is 146 Å². The van der Waals surface area contributed by atoms with Gasteiger partial charge in [-0.3, -0.25) is 4.31 Å². The summed E-state index contributed by atoms with van der Waals surface area (Å²) in [6.45, 7) is 0.289. The van der Waals surface area contributed by atoms with Gasteiger partial charge in [0.25, 0.3) is 0 Å². The van der Waals surface area contributed by atoms with Gasteiger partial charge in [-0.15, -0.1) is 23.2 Å². The highest BCUT2D eigenvalue weighted by molar-refractivity contribution is 7.92. The zero-order valence-corrected chi connectivity index (χ0v) is 14.7. The Morgan fingerprint density at radius 3 is 2.04 bits per heavy atom. The number of anilines is 1. The Kier molecular flexibility index (Phi) is 4.59. The first-order chi connectivity index (χ1) is 10.9. The molecule has 0 radical (unpaired) electrons. The van der Waals surface area contributed by atoms with Crippen molar-refractivity contribution < 1.29 is 8.42 Å². The van der Waals surface area contributed by atoms with E-state index >= 15 is 0 Å². The summed E-state index contributed by atoms with van der Waals surface area (Å²) in [7, 11) is -3.52. The average molecular weight is 370 g/mol. The monoisotopic (exact) mass is 369 g/mol. The third-order valence-electron chi connectivity index (χ3n) is 3.92. The predicted octanol–water partition coefficient (Wildman–Crippen LogP) is 4.22. The van der Waals surface area contributed by atoms with Crippen LogP contribution in [0.25, 0.3) is 0 Å². The second kappa shape index (κ2) is 6.34. The lowest BCUT2D eigenvalue weighted by atomic mass is 10.2. The van der Waals surface area contributed by atoms with Gasteiger partial charge in [-0.25, -0.2) is 8.42 Å². The summed E-state index contributed by atoms with van der Waals surface area (Å²) in [5.74, 6) is -0.250. The predicted molar refractivity (Wildman–Crippen MR) is 95.4 cm³/mol. The molecule has 0 bridgehead atoms. The molecular formula is C17H17Cl2NO2S. The van der Waals surface area contributed by atoms with E-state index in [9.17, 15) is 8.42 Å². The van der Waals surface area contributed by atoms with Crippen LogP contribution < -0.4 is 4.31 Å². The molecule has 0 N–H and O–H groups in total. The standard InChI is InChI=1S/C17H17Cl2NO2S/c18-17(19)11-15(17)13-23(21,22)20(16-9-5-2-6-10-16)12-14-7-3-1-4-8-14/h1-10,15H,11-13H2. The van der Waals surface area contributed by atoms with Crippen LogP contribution in [0, 0.1) is 5.92 Å². The van der Waals surface area contributed by atoms with Crippen molar-refractivity contribution in [3.63, 3.8) is 0 Å². The zero-order valence-electron chi connectivity index (χ0n) is 12.4. The van der Waals surface area contributed by atoms with Crippen LogP contribution in [-0.2, 0) is 16.6 Å². The molecule has 2 aromatic rings. The fourth-order valence-corrected chi connectivity index (χ4v) is 5.08. The molecular weight excluding hydrogens is 353 g/mol. The van der Waals surface area contributed by atoms with E-state index in [-0.39, 0.29) is 18.2 Å². The summed E-state index contributed by atoms with van der Waals surface area (Å²) in [6, 6.07) is 18.6. The maximum Gasteiger partial charge on any atom is 0.235 e. The lowest BCUT2D eigenvalue weighted by Gasteiger charge is -2.25. The number of hydrogen-bond donors (Lipinski definition) is 0. The first-order valence-electron chi connectivity index (χ1n) is 7.36. The molecule has 1 aliphatic carbocycles. The van der Waals surface area contributed by atoms with Gasteiger partial charge in [0.1, 0.15) is 4.33 Å². The highest BCUT2D eigenvalue weighted by atomic mass is 35.5. The minimum Gasteiger partial charge on any atom is -0.266 e. The van der Waals surface area contributed by atoms with Gasteiger partial charge in [0, 0.05) is 5.92 Å². The SMILES string of the molecule is O=S(=O)(CC1CC1(Cl)Cl)N(Cc1ccccc1)c1ccccc1. The highest BCUT2D eigenvalue weighted by Crippen LogP contribution is 2.53. The van der Waals surface area contributed by atoms with E-state index in [1.807, 2.05) is 48.5 Å². The molecule has 23 heavy (non-hydrogen) atoms. The first kappa shape index (κ1) is 16.6. The Bertz CT molecular complexity index is 764. The molecule has 122 valence electrons. The van der Waals surface area contributed by atoms with Crippen LogP contribution in [0.2, 0.25) is 0 Å². The molecule has 0 spiro atoms. The number of nitrogens with zero attached hydrogens (tertiary/aromatic N) is 1. The molecule has 1 fully saturated rings. The second-order valence-electron chi connectivity index (χ2n) is 5.77. The van der Waals surface area contributed by atoms with Gasteiger partial charge in [-0.05, 0) is 24.1 Å². The van der Waals surface area contributed by atoms with Crippen LogP contribution in [0.5, 0.6) is 0 Å². The third kappa shape index (κ3) is 4.00. The van der Waals surface area contributed by atoms with Crippen LogP contribution >= 0.6 is 23.2 Å². The molecule has 2 aromatic carbocycles. The van der Waals surface area contributed by atoms with Crippen molar-refractivity contribution in [1.82, 2.24) is 0 Å². The topological polar surface area (TPSA) is 37.4 Å². The summed E-state index contributed by atoms with van der Waals surface area (Å²) >= 11 is 12.0. The highest BCUT2D eigenvalue weighted by Gasteiger charge is 2.54. The molecule has 0 aliphatic heterocycles. The van der Waals surface area contributed by atoms with Gasteiger partial charge in [0.05, 0.1) is 18.0 Å². The number of sulfonamides is 1. The third-order valence-corrected chi connectivity index (χ3v) is 6.68. The Morgan fingerprint density at radius 2 is 1.52 bits per heavy atom. The molecule has 1 atom stereocenters. The summed E-state index contributed by atoms with van der Waals surface area (Å²) in [5, 5.41) is 0. The molecule has 6 heteroatoms. The summed E-state index contributed by atoms with van der Waals surface area (Å²) in [4.78, 5) is 0. The van der Waals surface area contributed by atoms with E-state index in [1.54, 1.807) is 12.1 Å². The molecule has 1 aliphatic rings. The fourth-order valence-electron chi connectivity index (χ4n) is 2.49. The normalized spacial score (nSPS) is 19.3. The second-order valence-corrected chi connectivity index (χ2v) is 9.25. The Morgan fingerprint density at radius 1 is 1.00 bits per heavy atom. The van der Waals surface area contributed by atoms with E-state index in [4.69, 9.17) is 23.2 Å². The average Bonchev–Trinajstić information content (AvgIpc) is 3.12. The van der Waals surface area contributed by atoms with Crippen molar-refractivity contribution in [3.05, 3.63) is 66.2 Å². The number of alkyl halides is 2. The minimum absolute atomic E-state index is 0.0400. The minimum atomic E-state index is -3.52. The van der Waals surface area contributed by atoms with E-state index in [0.29, 0.717) is 12.1 Å². The van der Waals surface area contributed by atoms with Crippen LogP contribution in [0.3, 0.4) is 0 Å². The van der Waals surface area contributed by atoms with Crippen molar-refractivity contribution in [2.45, 2.75) is 17.3 Å². The number of rotatable bonds is 6. The van der Waals surface area contributed by atoms with Crippen LogP contribution in [0.4, 0.5) is 5.69 Å². The summed E-state index contributed by atoms with van der Waals surface area (Å²) in [5.41, 5.74) is 1.57. The number of para-hydroxylation sites is 1. The maximum absolute atomic E-state index is 12.9. The maximum atomic E-state index is 12.9. The quantitative estimate of drug-likeness (QED) is 0.714. The van der Waals surface area contributed by atoms with Crippen molar-refractivity contribution in [3.8, 4) is 0 Å². The Balaban J connectivity index is 1.89. The molecule has 1 unspecified atom stereocenters. The zero-order chi connectivity index (χ0) is 16.5. The van der Waals surface area contributed by atoms with Crippen LogP contribution in [-0.4, -0.2) is 18.5 Å². The van der Waals surface area contributed by atoms with Gasteiger partial charge in [0.15, 0.2) is 0 Å². The summed E-state index contributed by atoms with van der Waals surface area (Å²) in [6.07, 6.45) is 0.517. The molecule has 1 saturated carbocycles. The first-order valence-corrected chi connectivity index (χ1v) is 9.72. The van der Waals surface area contributed by atoms with E-state index in [1.165, 1.54) is 4.31 Å². The van der Waals surface area contributed by atoms with E-state index in [2.05, 4.69) is 0 Å².